The smallest absolute Gasteiger partial charge is 0.284 e. The van der Waals surface area contributed by atoms with Crippen LogP contribution in [0.4, 0.5) is 0 Å². The first-order valence-corrected chi connectivity index (χ1v) is 5.25. The highest BCUT2D eigenvalue weighted by atomic mass is 32.2. The fourth-order valence-corrected chi connectivity index (χ4v) is 1.98. The van der Waals surface area contributed by atoms with Gasteiger partial charge in [-0.25, -0.2) is 0 Å². The fourth-order valence-electron chi connectivity index (χ4n) is 1.05. The van der Waals surface area contributed by atoms with Gasteiger partial charge >= 0.3 is 0 Å². The quantitative estimate of drug-likeness (QED) is 0.414. The predicted octanol–water partition coefficient (Wildman–Crippen LogP) is -1.46. The van der Waals surface area contributed by atoms with Crippen molar-refractivity contribution in [2.75, 3.05) is 13.2 Å². The van der Waals surface area contributed by atoms with E-state index in [0.29, 0.717) is 0 Å². The second-order valence-electron chi connectivity index (χ2n) is 2.85. The Labute approximate surface area is 77.1 Å². The van der Waals surface area contributed by atoms with Gasteiger partial charge in [0.1, 0.15) is 0 Å². The van der Waals surface area contributed by atoms with Gasteiger partial charge in [-0.05, 0) is 6.42 Å². The van der Waals surface area contributed by atoms with E-state index in [2.05, 4.69) is 0 Å². The molecule has 0 aliphatic carbocycles. The van der Waals surface area contributed by atoms with Crippen LogP contribution in [0.2, 0.25) is 0 Å². The monoisotopic (exact) mass is 213 g/mol. The van der Waals surface area contributed by atoms with E-state index in [1.807, 2.05) is 0 Å². The summed E-state index contributed by atoms with van der Waals surface area (Å²) in [6.45, 7) is 0.257. The van der Waals surface area contributed by atoms with Gasteiger partial charge in [0.05, 0.1) is 13.2 Å². The number of hydrogen-bond donors (Lipinski definition) is 4. The maximum atomic E-state index is 10.9. The van der Waals surface area contributed by atoms with Gasteiger partial charge in [0.2, 0.25) is 0 Å². The minimum Gasteiger partial charge on any atom is -0.396 e. The molecule has 5 N–H and O–H groups in total. The van der Waals surface area contributed by atoms with Crippen molar-refractivity contribution in [3.63, 3.8) is 0 Å². The number of nitrogens with two attached hydrogens (primary N) is 1. The van der Waals surface area contributed by atoms with Crippen molar-refractivity contribution in [3.8, 4) is 0 Å². The molecular formula is C6H15NO5S. The Morgan fingerprint density at radius 1 is 1.38 bits per heavy atom. The molecule has 0 fully saturated rings. The molecule has 0 aliphatic rings. The lowest BCUT2D eigenvalue weighted by molar-refractivity contribution is 0.112. The van der Waals surface area contributed by atoms with Crippen LogP contribution in [0, 0.1) is 5.92 Å². The van der Waals surface area contributed by atoms with Crippen molar-refractivity contribution in [3.05, 3.63) is 0 Å². The molecule has 0 amide bonds. The standard InChI is InChI=1S/C6H15NO5S/c1-2-6(7,13(10,11)12)5(3-8)4-9/h5,8-9H,2-4,7H2,1H3,(H,10,11,12). The molecule has 0 bridgehead atoms. The first-order valence-electron chi connectivity index (χ1n) is 3.81. The topological polar surface area (TPSA) is 121 Å². The lowest BCUT2D eigenvalue weighted by Gasteiger charge is -2.30. The number of rotatable bonds is 5. The second kappa shape index (κ2) is 4.34. The molecule has 0 rings (SSSR count). The van der Waals surface area contributed by atoms with Gasteiger partial charge in [0.25, 0.3) is 10.1 Å². The average Bonchev–Trinajstić information content (AvgIpc) is 2.04. The number of aliphatic hydroxyl groups is 2. The zero-order valence-corrected chi connectivity index (χ0v) is 8.16. The van der Waals surface area contributed by atoms with Gasteiger partial charge in [-0.1, -0.05) is 6.92 Å². The first-order chi connectivity index (χ1) is 5.83. The van der Waals surface area contributed by atoms with E-state index in [1.54, 1.807) is 0 Å². The van der Waals surface area contributed by atoms with Crippen LogP contribution < -0.4 is 5.73 Å². The third-order valence-corrected chi connectivity index (χ3v) is 3.75. The molecule has 0 aromatic rings. The zero-order chi connectivity index (χ0) is 10.7. The molecule has 1 atom stereocenters. The van der Waals surface area contributed by atoms with Gasteiger partial charge in [-0.2, -0.15) is 8.42 Å². The van der Waals surface area contributed by atoms with Crippen molar-refractivity contribution in [2.24, 2.45) is 11.7 Å². The molecule has 6 nitrogen and oxygen atoms in total. The molecule has 0 aromatic carbocycles. The van der Waals surface area contributed by atoms with Crippen LogP contribution in [-0.2, 0) is 10.1 Å². The lowest BCUT2D eigenvalue weighted by Crippen LogP contribution is -2.55. The highest BCUT2D eigenvalue weighted by Gasteiger charge is 2.44. The van der Waals surface area contributed by atoms with Crippen LogP contribution in [0.5, 0.6) is 0 Å². The molecule has 0 aliphatic heterocycles. The third kappa shape index (κ3) is 2.38. The maximum absolute atomic E-state index is 10.9. The lowest BCUT2D eigenvalue weighted by atomic mass is 9.99. The van der Waals surface area contributed by atoms with Crippen molar-refractivity contribution >= 4 is 10.1 Å². The molecule has 0 saturated heterocycles. The Morgan fingerprint density at radius 3 is 1.85 bits per heavy atom. The van der Waals surface area contributed by atoms with E-state index < -0.39 is 34.1 Å². The molecular weight excluding hydrogens is 198 g/mol. The van der Waals surface area contributed by atoms with Crippen LogP contribution in [0.25, 0.3) is 0 Å². The van der Waals surface area contributed by atoms with Gasteiger partial charge in [0, 0.05) is 5.92 Å². The third-order valence-electron chi connectivity index (χ3n) is 2.16. The van der Waals surface area contributed by atoms with Crippen LogP contribution >= 0.6 is 0 Å². The normalized spacial score (nSPS) is 17.4. The number of hydrogen-bond acceptors (Lipinski definition) is 5. The summed E-state index contributed by atoms with van der Waals surface area (Å²) in [5.74, 6) is -1.08. The van der Waals surface area contributed by atoms with Crippen molar-refractivity contribution in [1.29, 1.82) is 0 Å². The van der Waals surface area contributed by atoms with Crippen molar-refractivity contribution in [1.82, 2.24) is 0 Å². The molecule has 80 valence electrons. The Balaban J connectivity index is 5.04. The molecule has 7 heteroatoms. The van der Waals surface area contributed by atoms with Crippen molar-refractivity contribution < 1.29 is 23.2 Å². The molecule has 0 aromatic heterocycles. The van der Waals surface area contributed by atoms with Crippen LogP contribution in [0.3, 0.4) is 0 Å². The minimum atomic E-state index is -4.48. The van der Waals surface area contributed by atoms with Crippen LogP contribution in [0.15, 0.2) is 0 Å². The molecule has 0 radical (unpaired) electrons. The zero-order valence-electron chi connectivity index (χ0n) is 7.34. The minimum absolute atomic E-state index is 0.0857. The predicted molar refractivity (Wildman–Crippen MR) is 46.4 cm³/mol. The maximum Gasteiger partial charge on any atom is 0.284 e. The van der Waals surface area contributed by atoms with E-state index in [9.17, 15) is 8.42 Å². The number of aliphatic hydroxyl groups excluding tert-OH is 2. The van der Waals surface area contributed by atoms with E-state index in [1.165, 1.54) is 6.92 Å². The highest BCUT2D eigenvalue weighted by Crippen LogP contribution is 2.23. The summed E-state index contributed by atoms with van der Waals surface area (Å²) in [5.41, 5.74) is 5.38. The Morgan fingerprint density at radius 2 is 1.77 bits per heavy atom. The molecule has 1 unspecified atom stereocenters. The fraction of sp³-hybridized carbons (Fsp3) is 1.00. The first kappa shape index (κ1) is 12.8. The van der Waals surface area contributed by atoms with E-state index >= 15 is 0 Å². The molecule has 13 heavy (non-hydrogen) atoms. The summed E-state index contributed by atoms with van der Waals surface area (Å²) < 4.78 is 30.5. The van der Waals surface area contributed by atoms with Crippen LogP contribution in [0.1, 0.15) is 13.3 Å². The van der Waals surface area contributed by atoms with Crippen molar-refractivity contribution in [2.45, 2.75) is 18.2 Å². The van der Waals surface area contributed by atoms with Crippen LogP contribution in [-0.4, -0.2) is 41.3 Å². The summed E-state index contributed by atoms with van der Waals surface area (Å²) in [6.07, 6.45) is -0.0857. The largest absolute Gasteiger partial charge is 0.396 e. The summed E-state index contributed by atoms with van der Waals surface area (Å²) >= 11 is 0. The highest BCUT2D eigenvalue weighted by molar-refractivity contribution is 7.87. The van der Waals surface area contributed by atoms with Gasteiger partial charge in [-0.15, -0.1) is 0 Å². The Kier molecular flexibility index (Phi) is 4.27. The summed E-state index contributed by atoms with van der Waals surface area (Å²) in [5, 5.41) is 17.5. The summed E-state index contributed by atoms with van der Waals surface area (Å²) in [7, 11) is -4.48. The average molecular weight is 213 g/mol. The second-order valence-corrected chi connectivity index (χ2v) is 4.56. The van der Waals surface area contributed by atoms with Gasteiger partial charge < -0.3 is 15.9 Å². The molecule has 0 heterocycles. The Hall–Kier alpha value is -0.210. The van der Waals surface area contributed by atoms with Gasteiger partial charge in [-0.3, -0.25) is 4.55 Å². The molecule has 0 spiro atoms. The Bertz CT molecular complexity index is 248. The van der Waals surface area contributed by atoms with E-state index in [0.717, 1.165) is 0 Å². The summed E-state index contributed by atoms with van der Waals surface area (Å²) in [6, 6.07) is 0. The van der Waals surface area contributed by atoms with E-state index in [4.69, 9.17) is 20.5 Å². The summed E-state index contributed by atoms with van der Waals surface area (Å²) in [4.78, 5) is -1.98. The molecule has 0 saturated carbocycles. The van der Waals surface area contributed by atoms with Gasteiger partial charge in [0.15, 0.2) is 4.87 Å². The van der Waals surface area contributed by atoms with E-state index in [-0.39, 0.29) is 6.42 Å². The SMILES string of the molecule is CCC(N)(C(CO)CO)S(=O)(=O)O.